The van der Waals surface area contributed by atoms with Crippen LogP contribution < -0.4 is 21.2 Å². The van der Waals surface area contributed by atoms with Gasteiger partial charge in [-0.25, -0.2) is 4.68 Å². The van der Waals surface area contributed by atoms with Crippen molar-refractivity contribution in [1.29, 1.82) is 0 Å². The molecule has 146 valence electrons. The van der Waals surface area contributed by atoms with Crippen LogP contribution in [-0.2, 0) is 11.3 Å². The van der Waals surface area contributed by atoms with Gasteiger partial charge < -0.3 is 21.2 Å². The summed E-state index contributed by atoms with van der Waals surface area (Å²) in [4.78, 5) is 12.1. The van der Waals surface area contributed by atoms with Crippen molar-refractivity contribution in [1.82, 2.24) is 14.9 Å². The number of carbonyl (C=O) groups is 1. The van der Waals surface area contributed by atoms with Crippen molar-refractivity contribution < 1.29 is 9.53 Å². The van der Waals surface area contributed by atoms with Crippen LogP contribution in [0.4, 0.5) is 11.4 Å². The van der Waals surface area contributed by atoms with Crippen LogP contribution >= 0.6 is 23.4 Å². The highest BCUT2D eigenvalue weighted by Crippen LogP contribution is 2.18. The number of nitrogens with one attached hydrogen (secondary N) is 2. The Morgan fingerprint density at radius 1 is 1.14 bits per heavy atom. The van der Waals surface area contributed by atoms with Crippen LogP contribution in [0, 0.1) is 0 Å². The van der Waals surface area contributed by atoms with E-state index in [1.54, 1.807) is 31.4 Å². The molecule has 10 heteroatoms. The lowest BCUT2D eigenvalue weighted by Gasteiger charge is -2.08. The molecule has 1 amide bonds. The second kappa shape index (κ2) is 9.34. The summed E-state index contributed by atoms with van der Waals surface area (Å²) in [5.41, 5.74) is 1.58. The quantitative estimate of drug-likeness (QED) is 0.381. The number of nitrogen functional groups attached to an aromatic ring is 1. The van der Waals surface area contributed by atoms with E-state index in [2.05, 4.69) is 20.8 Å². The molecule has 0 aliphatic carbocycles. The van der Waals surface area contributed by atoms with Gasteiger partial charge in [-0.2, -0.15) is 0 Å². The normalized spacial score (nSPS) is 10.5. The van der Waals surface area contributed by atoms with Crippen LogP contribution in [0.25, 0.3) is 0 Å². The Morgan fingerprint density at radius 3 is 2.50 bits per heavy atom. The van der Waals surface area contributed by atoms with Gasteiger partial charge in [0.2, 0.25) is 11.1 Å². The molecule has 3 rings (SSSR count). The molecule has 0 aliphatic heterocycles. The Hall–Kier alpha value is -2.91. The van der Waals surface area contributed by atoms with Crippen molar-refractivity contribution in [3.8, 4) is 5.75 Å². The lowest BCUT2D eigenvalue weighted by molar-refractivity contribution is -0.113. The van der Waals surface area contributed by atoms with E-state index < -0.39 is 0 Å². The molecule has 0 fully saturated rings. The van der Waals surface area contributed by atoms with Crippen LogP contribution in [0.5, 0.6) is 5.75 Å². The topological polar surface area (TPSA) is 107 Å². The number of nitrogens with zero attached hydrogens (tertiary/aromatic N) is 3. The van der Waals surface area contributed by atoms with Crippen LogP contribution in [0.2, 0.25) is 5.02 Å². The maximum Gasteiger partial charge on any atom is 0.234 e. The van der Waals surface area contributed by atoms with Crippen LogP contribution in [0.3, 0.4) is 0 Å². The largest absolute Gasteiger partial charge is 0.497 e. The van der Waals surface area contributed by atoms with Crippen molar-refractivity contribution in [2.24, 2.45) is 0 Å². The number of carbonyl (C=O) groups excluding carboxylic acids is 1. The number of hydrogen-bond donors (Lipinski definition) is 3. The molecule has 0 saturated heterocycles. The summed E-state index contributed by atoms with van der Waals surface area (Å²) in [5.74, 6) is 7.35. The number of anilines is 2. The highest BCUT2D eigenvalue weighted by atomic mass is 35.5. The summed E-state index contributed by atoms with van der Waals surface area (Å²) in [6.45, 7) is 0.396. The van der Waals surface area contributed by atoms with Gasteiger partial charge in [0.15, 0.2) is 5.82 Å². The molecule has 0 atom stereocenters. The minimum atomic E-state index is -0.173. The number of rotatable bonds is 8. The molecule has 0 aliphatic rings. The Bertz CT molecular complexity index is 930. The minimum Gasteiger partial charge on any atom is -0.497 e. The third kappa shape index (κ3) is 5.30. The minimum absolute atomic E-state index is 0.157. The first kappa shape index (κ1) is 19.8. The van der Waals surface area contributed by atoms with E-state index in [0.717, 1.165) is 11.4 Å². The van der Waals surface area contributed by atoms with Gasteiger partial charge in [-0.3, -0.25) is 4.79 Å². The summed E-state index contributed by atoms with van der Waals surface area (Å²) in [5, 5.41) is 15.2. The maximum atomic E-state index is 12.1. The molecule has 0 saturated carbocycles. The van der Waals surface area contributed by atoms with Gasteiger partial charge in [0.1, 0.15) is 5.75 Å². The molecular formula is C18H19ClN6O2S. The van der Waals surface area contributed by atoms with Crippen LogP contribution in [-0.4, -0.2) is 33.6 Å². The van der Waals surface area contributed by atoms with E-state index >= 15 is 0 Å². The first-order valence-electron chi connectivity index (χ1n) is 8.30. The molecule has 0 radical (unpaired) electrons. The predicted molar refractivity (Wildman–Crippen MR) is 111 cm³/mol. The number of hydrogen-bond acceptors (Lipinski definition) is 7. The number of amides is 1. The third-order valence-electron chi connectivity index (χ3n) is 3.74. The number of ether oxygens (including phenoxy) is 1. The summed E-state index contributed by atoms with van der Waals surface area (Å²) in [6.07, 6.45) is 0. The number of methoxy groups -OCH3 is 1. The van der Waals surface area contributed by atoms with Gasteiger partial charge in [0.05, 0.1) is 19.4 Å². The zero-order chi connectivity index (χ0) is 19.9. The molecule has 28 heavy (non-hydrogen) atoms. The highest BCUT2D eigenvalue weighted by Gasteiger charge is 2.12. The van der Waals surface area contributed by atoms with Gasteiger partial charge in [-0.15, -0.1) is 10.2 Å². The fourth-order valence-corrected chi connectivity index (χ4v) is 3.08. The first-order chi connectivity index (χ1) is 13.5. The van der Waals surface area contributed by atoms with Gasteiger partial charge in [-0.05, 0) is 48.5 Å². The number of aromatic nitrogens is 3. The lowest BCUT2D eigenvalue weighted by atomic mass is 10.3. The number of thioether (sulfide) groups is 1. The third-order valence-corrected chi connectivity index (χ3v) is 4.93. The molecule has 0 bridgehead atoms. The van der Waals surface area contributed by atoms with E-state index in [9.17, 15) is 4.79 Å². The average Bonchev–Trinajstić information content (AvgIpc) is 3.06. The SMILES string of the molecule is COc1ccc(NCc2nnc(SCC(=O)Nc3ccc(Cl)cc3)n2N)cc1. The molecule has 4 N–H and O–H groups in total. The molecule has 2 aromatic carbocycles. The molecule has 1 aromatic heterocycles. The zero-order valence-corrected chi connectivity index (χ0v) is 16.6. The maximum absolute atomic E-state index is 12.1. The molecular weight excluding hydrogens is 400 g/mol. The fraction of sp³-hybridized carbons (Fsp3) is 0.167. The lowest BCUT2D eigenvalue weighted by Crippen LogP contribution is -2.18. The number of halogens is 1. The summed E-state index contributed by atoms with van der Waals surface area (Å²) >= 11 is 7.04. The molecule has 1 heterocycles. The molecule has 0 unspecified atom stereocenters. The monoisotopic (exact) mass is 418 g/mol. The van der Waals surface area contributed by atoms with E-state index in [4.69, 9.17) is 22.2 Å². The van der Waals surface area contributed by atoms with Crippen LogP contribution in [0.15, 0.2) is 53.7 Å². The van der Waals surface area contributed by atoms with Gasteiger partial charge in [-0.1, -0.05) is 23.4 Å². The first-order valence-corrected chi connectivity index (χ1v) is 9.67. The van der Waals surface area contributed by atoms with E-state index in [1.165, 1.54) is 16.4 Å². The van der Waals surface area contributed by atoms with Crippen molar-refractivity contribution in [3.05, 3.63) is 59.4 Å². The number of nitrogens with two attached hydrogens (primary N) is 1. The Kier molecular flexibility index (Phi) is 6.62. The van der Waals surface area contributed by atoms with E-state index in [1.807, 2.05) is 24.3 Å². The number of benzene rings is 2. The molecule has 8 nitrogen and oxygen atoms in total. The molecule has 3 aromatic rings. The average molecular weight is 419 g/mol. The Balaban J connectivity index is 1.50. The van der Waals surface area contributed by atoms with Gasteiger partial charge >= 0.3 is 0 Å². The predicted octanol–water partition coefficient (Wildman–Crippen LogP) is 3.00. The summed E-state index contributed by atoms with van der Waals surface area (Å²) in [6, 6.07) is 14.4. The highest BCUT2D eigenvalue weighted by molar-refractivity contribution is 7.99. The summed E-state index contributed by atoms with van der Waals surface area (Å²) < 4.78 is 6.50. The fourth-order valence-electron chi connectivity index (χ4n) is 2.28. The van der Waals surface area contributed by atoms with Crippen molar-refractivity contribution >= 4 is 40.6 Å². The smallest absolute Gasteiger partial charge is 0.234 e. The van der Waals surface area contributed by atoms with Crippen molar-refractivity contribution in [2.45, 2.75) is 11.7 Å². The second-order valence-corrected chi connectivity index (χ2v) is 7.07. The van der Waals surface area contributed by atoms with Crippen molar-refractivity contribution in [3.63, 3.8) is 0 Å². The Morgan fingerprint density at radius 2 is 1.82 bits per heavy atom. The van der Waals surface area contributed by atoms with Crippen molar-refractivity contribution in [2.75, 3.05) is 29.3 Å². The van der Waals surface area contributed by atoms with Gasteiger partial charge in [0.25, 0.3) is 0 Å². The van der Waals surface area contributed by atoms with E-state index in [-0.39, 0.29) is 11.7 Å². The summed E-state index contributed by atoms with van der Waals surface area (Å²) in [7, 11) is 1.62. The van der Waals surface area contributed by atoms with E-state index in [0.29, 0.717) is 28.2 Å². The molecule has 0 spiro atoms. The Labute approximate surface area is 171 Å². The second-order valence-electron chi connectivity index (χ2n) is 5.69. The van der Waals surface area contributed by atoms with Gasteiger partial charge in [0, 0.05) is 16.4 Å². The zero-order valence-electron chi connectivity index (χ0n) is 15.1. The van der Waals surface area contributed by atoms with Crippen LogP contribution in [0.1, 0.15) is 5.82 Å². The standard InChI is InChI=1S/C18H19ClN6O2S/c1-27-15-8-6-13(7-9-15)21-10-16-23-24-18(25(16)20)28-11-17(26)22-14-4-2-12(19)3-5-14/h2-9,21H,10-11,20H2,1H3,(H,22,26).